The van der Waals surface area contributed by atoms with Crippen molar-refractivity contribution >= 4 is 5.82 Å². The summed E-state index contributed by atoms with van der Waals surface area (Å²) in [6.45, 7) is 5.47. The van der Waals surface area contributed by atoms with Crippen LogP contribution < -0.4 is 15.3 Å². The van der Waals surface area contributed by atoms with Crippen LogP contribution in [0.3, 0.4) is 0 Å². The van der Waals surface area contributed by atoms with E-state index in [0.717, 1.165) is 12.2 Å². The molecule has 0 amide bonds. The van der Waals surface area contributed by atoms with Gasteiger partial charge in [0.05, 0.1) is 5.56 Å². The lowest BCUT2D eigenvalue weighted by molar-refractivity contribution is 0.291. The van der Waals surface area contributed by atoms with Gasteiger partial charge in [0, 0.05) is 25.2 Å². The first kappa shape index (κ1) is 18.6. The summed E-state index contributed by atoms with van der Waals surface area (Å²) in [6.07, 6.45) is 4.94. The number of ether oxygens (including phenoxy) is 1. The van der Waals surface area contributed by atoms with Gasteiger partial charge in [0.15, 0.2) is 0 Å². The molecule has 0 fully saturated rings. The van der Waals surface area contributed by atoms with Crippen molar-refractivity contribution in [2.45, 2.75) is 39.5 Å². The Morgan fingerprint density at radius 2 is 2.26 bits per heavy atom. The number of rotatable bonds is 6. The molecule has 0 saturated carbocycles. The molecule has 3 rings (SSSR count). The summed E-state index contributed by atoms with van der Waals surface area (Å²) in [5, 5.41) is 8.92. The minimum atomic E-state index is -0.569. The maximum absolute atomic E-state index is 13.4. The zero-order valence-corrected chi connectivity index (χ0v) is 15.4. The van der Waals surface area contributed by atoms with E-state index in [2.05, 4.69) is 16.8 Å². The average molecular weight is 368 g/mol. The molecule has 1 aliphatic heterocycles. The monoisotopic (exact) mass is 368 g/mol. The highest BCUT2D eigenvalue weighted by Crippen LogP contribution is 2.28. The number of hydrogen-bond acceptors (Lipinski definition) is 5. The van der Waals surface area contributed by atoms with E-state index in [9.17, 15) is 9.18 Å². The van der Waals surface area contributed by atoms with E-state index in [1.54, 1.807) is 22.8 Å². The first-order valence-electron chi connectivity index (χ1n) is 8.88. The smallest absolute Gasteiger partial charge is 0.352 e. The van der Waals surface area contributed by atoms with Crippen LogP contribution in [-0.2, 0) is 13.2 Å². The predicted molar refractivity (Wildman–Crippen MR) is 100 cm³/mol. The second-order valence-corrected chi connectivity index (χ2v) is 6.34. The number of anilines is 1. The van der Waals surface area contributed by atoms with Crippen molar-refractivity contribution in [3.05, 3.63) is 63.8 Å². The Labute approximate surface area is 157 Å². The van der Waals surface area contributed by atoms with Gasteiger partial charge >= 0.3 is 5.69 Å². The van der Waals surface area contributed by atoms with E-state index in [1.807, 2.05) is 19.1 Å². The molecule has 2 aromatic rings. The first-order valence-corrected chi connectivity index (χ1v) is 8.88. The van der Waals surface area contributed by atoms with E-state index in [4.69, 9.17) is 10.00 Å². The fourth-order valence-corrected chi connectivity index (χ4v) is 3.17. The van der Waals surface area contributed by atoms with Crippen LogP contribution in [0.15, 0.2) is 41.2 Å². The summed E-state index contributed by atoms with van der Waals surface area (Å²) < 4.78 is 20.7. The van der Waals surface area contributed by atoms with E-state index in [1.165, 1.54) is 12.1 Å². The molecule has 1 aliphatic rings. The number of hydrogen-bond donors (Lipinski definition) is 0. The predicted octanol–water partition coefficient (Wildman–Crippen LogP) is 3.01. The van der Waals surface area contributed by atoms with Crippen LogP contribution in [-0.4, -0.2) is 22.1 Å². The van der Waals surface area contributed by atoms with Crippen molar-refractivity contribution in [1.82, 2.24) is 9.55 Å². The number of benzene rings is 1. The number of nitriles is 1. The summed E-state index contributed by atoms with van der Waals surface area (Å²) in [7, 11) is 0. The molecular weight excluding hydrogens is 347 g/mol. The van der Waals surface area contributed by atoms with Crippen LogP contribution in [0.4, 0.5) is 10.2 Å². The van der Waals surface area contributed by atoms with Crippen molar-refractivity contribution in [3.63, 3.8) is 0 Å². The van der Waals surface area contributed by atoms with Crippen LogP contribution in [0.25, 0.3) is 0 Å². The van der Waals surface area contributed by atoms with Gasteiger partial charge in [0.1, 0.15) is 24.3 Å². The highest BCUT2D eigenvalue weighted by Gasteiger charge is 2.29. The molecule has 6 nitrogen and oxygen atoms in total. The van der Waals surface area contributed by atoms with Crippen LogP contribution in [0.2, 0.25) is 0 Å². The third-order valence-corrected chi connectivity index (χ3v) is 4.64. The van der Waals surface area contributed by atoms with E-state index >= 15 is 0 Å². The molecule has 1 aromatic carbocycles. The first-order chi connectivity index (χ1) is 13.1. The van der Waals surface area contributed by atoms with Crippen molar-refractivity contribution in [2.24, 2.45) is 0 Å². The SMILES string of the molecule is C/C=C/CN1c2cc(OCc3ccc(F)c(C#N)c3)nc(=O)n2CC1CC. The Balaban J connectivity index is 1.84. The molecule has 0 spiro atoms. The van der Waals surface area contributed by atoms with Gasteiger partial charge in [-0.25, -0.2) is 9.18 Å². The Morgan fingerprint density at radius 1 is 1.44 bits per heavy atom. The molecule has 0 bridgehead atoms. The molecule has 27 heavy (non-hydrogen) atoms. The van der Waals surface area contributed by atoms with Gasteiger partial charge in [-0.1, -0.05) is 25.1 Å². The fraction of sp³-hybridized carbons (Fsp3) is 0.350. The second kappa shape index (κ2) is 8.04. The van der Waals surface area contributed by atoms with Gasteiger partial charge in [0.2, 0.25) is 5.88 Å². The fourth-order valence-electron chi connectivity index (χ4n) is 3.17. The Hall–Kier alpha value is -3.14. The molecule has 1 atom stereocenters. The molecule has 0 N–H and O–H groups in total. The van der Waals surface area contributed by atoms with Gasteiger partial charge in [-0.3, -0.25) is 4.57 Å². The largest absolute Gasteiger partial charge is 0.473 e. The van der Waals surface area contributed by atoms with Gasteiger partial charge in [-0.15, -0.1) is 0 Å². The molecule has 7 heteroatoms. The summed E-state index contributed by atoms with van der Waals surface area (Å²) in [5.41, 5.74) is 0.245. The lowest BCUT2D eigenvalue weighted by Gasteiger charge is -2.23. The highest BCUT2D eigenvalue weighted by molar-refractivity contribution is 5.47. The number of nitrogens with zero attached hydrogens (tertiary/aromatic N) is 4. The maximum Gasteiger partial charge on any atom is 0.352 e. The van der Waals surface area contributed by atoms with Crippen molar-refractivity contribution < 1.29 is 9.13 Å². The molecule has 0 aliphatic carbocycles. The van der Waals surface area contributed by atoms with Crippen molar-refractivity contribution in [1.29, 1.82) is 5.26 Å². The molecule has 0 saturated heterocycles. The lowest BCUT2D eigenvalue weighted by atomic mass is 10.1. The molecule has 1 aromatic heterocycles. The maximum atomic E-state index is 13.4. The minimum Gasteiger partial charge on any atom is -0.473 e. The molecular formula is C20H21FN4O2. The molecule has 0 radical (unpaired) electrons. The second-order valence-electron chi connectivity index (χ2n) is 6.34. The van der Waals surface area contributed by atoms with Crippen molar-refractivity contribution in [2.75, 3.05) is 11.4 Å². The molecule has 2 heterocycles. The normalized spacial score (nSPS) is 15.8. The van der Waals surface area contributed by atoms with E-state index in [-0.39, 0.29) is 29.8 Å². The topological polar surface area (TPSA) is 71.2 Å². The highest BCUT2D eigenvalue weighted by atomic mass is 19.1. The zero-order chi connectivity index (χ0) is 19.4. The van der Waals surface area contributed by atoms with Gasteiger partial charge in [-0.2, -0.15) is 10.2 Å². The van der Waals surface area contributed by atoms with E-state index in [0.29, 0.717) is 18.7 Å². The van der Waals surface area contributed by atoms with Gasteiger partial charge < -0.3 is 9.64 Å². The molecule has 1 unspecified atom stereocenters. The summed E-state index contributed by atoms with van der Waals surface area (Å²) >= 11 is 0. The van der Waals surface area contributed by atoms with E-state index < -0.39 is 5.82 Å². The number of halogens is 1. The van der Waals surface area contributed by atoms with Crippen molar-refractivity contribution in [3.8, 4) is 11.9 Å². The quantitative estimate of drug-likeness (QED) is 0.733. The van der Waals surface area contributed by atoms with Crippen LogP contribution in [0.5, 0.6) is 5.88 Å². The van der Waals surface area contributed by atoms with Gasteiger partial charge in [0.25, 0.3) is 0 Å². The number of fused-ring (bicyclic) bond motifs is 1. The standard InChI is InChI=1S/C20H21FN4O2/c1-3-5-8-24-16(4-2)12-25-19(24)10-18(23-20(25)26)27-13-14-6-7-17(21)15(9-14)11-22/h3,5-7,9-10,16H,4,8,12-13H2,1-2H3/b5-3+. The average Bonchev–Trinajstić information content (AvgIpc) is 3.03. The lowest BCUT2D eigenvalue weighted by Crippen LogP contribution is -2.31. The summed E-state index contributed by atoms with van der Waals surface area (Å²) in [5.74, 6) is 0.434. The Morgan fingerprint density at radius 3 is 2.96 bits per heavy atom. The van der Waals surface area contributed by atoms with Crippen LogP contribution >= 0.6 is 0 Å². The number of aromatic nitrogens is 2. The third kappa shape index (κ3) is 3.85. The summed E-state index contributed by atoms with van der Waals surface area (Å²) in [4.78, 5) is 18.6. The van der Waals surface area contributed by atoms with Crippen LogP contribution in [0.1, 0.15) is 31.4 Å². The Bertz CT molecular complexity index is 961. The summed E-state index contributed by atoms with van der Waals surface area (Å²) in [6, 6.07) is 8.00. The van der Waals surface area contributed by atoms with Gasteiger partial charge in [-0.05, 0) is 31.0 Å². The zero-order valence-electron chi connectivity index (χ0n) is 15.4. The number of allylic oxidation sites excluding steroid dienone is 1. The Kier molecular flexibility index (Phi) is 5.55. The third-order valence-electron chi connectivity index (χ3n) is 4.64. The molecule has 140 valence electrons. The van der Waals surface area contributed by atoms with Crippen LogP contribution in [0, 0.1) is 17.1 Å². The minimum absolute atomic E-state index is 0.0404.